The highest BCUT2D eigenvalue weighted by atomic mass is 32.1. The largest absolute Gasteiger partial charge is 0.506 e. The van der Waals surface area contributed by atoms with Crippen molar-refractivity contribution in [2.45, 2.75) is 11.6 Å². The molecule has 7 heteroatoms. The van der Waals surface area contributed by atoms with Gasteiger partial charge in [-0.25, -0.2) is 4.79 Å². The van der Waals surface area contributed by atoms with Gasteiger partial charge < -0.3 is 20.5 Å². The monoisotopic (exact) mass is 420 g/mol. The molecular formula is C23H20N2O4S. The van der Waals surface area contributed by atoms with Crippen LogP contribution in [0.1, 0.15) is 16.5 Å². The summed E-state index contributed by atoms with van der Waals surface area (Å²) < 4.78 is 5.14. The number of methoxy groups -OCH3 is 1. The molecule has 1 amide bonds. The smallest absolute Gasteiger partial charge is 0.338 e. The molecule has 152 valence electrons. The molecule has 0 fully saturated rings. The molecule has 3 aromatic rings. The molecule has 2 aromatic carbocycles. The predicted octanol–water partition coefficient (Wildman–Crippen LogP) is 3.42. The number of hydrogen-bond donors (Lipinski definition) is 3. The molecule has 6 nitrogen and oxygen atoms in total. The van der Waals surface area contributed by atoms with Crippen LogP contribution in [0.5, 0.6) is 5.75 Å². The van der Waals surface area contributed by atoms with E-state index in [9.17, 15) is 14.7 Å². The average molecular weight is 420 g/mol. The molecule has 3 rings (SSSR count). The van der Waals surface area contributed by atoms with Crippen molar-refractivity contribution in [3.8, 4) is 18.1 Å². The average Bonchev–Trinajstić information content (AvgIpc) is 3.31. The summed E-state index contributed by atoms with van der Waals surface area (Å²) >= 11 is 1.39. The normalized spacial score (nSPS) is 13.3. The zero-order valence-corrected chi connectivity index (χ0v) is 17.0. The molecule has 1 heterocycles. The van der Waals surface area contributed by atoms with Gasteiger partial charge >= 0.3 is 5.97 Å². The molecule has 1 aromatic heterocycles. The lowest BCUT2D eigenvalue weighted by atomic mass is 9.81. The minimum atomic E-state index is -1.70. The van der Waals surface area contributed by atoms with Crippen molar-refractivity contribution in [2.24, 2.45) is 0 Å². The fraction of sp³-hybridized carbons (Fsp3) is 0.130. The van der Waals surface area contributed by atoms with Crippen molar-refractivity contribution < 1.29 is 19.4 Å². The maximum atomic E-state index is 13.3. The highest BCUT2D eigenvalue weighted by molar-refractivity contribution is 7.10. The molecule has 0 spiro atoms. The van der Waals surface area contributed by atoms with E-state index in [1.165, 1.54) is 24.5 Å². The number of nitrogens with one attached hydrogen (secondary N) is 2. The van der Waals surface area contributed by atoms with E-state index >= 15 is 0 Å². The quantitative estimate of drug-likeness (QED) is 0.310. The zero-order chi connectivity index (χ0) is 21.6. The lowest BCUT2D eigenvalue weighted by Crippen LogP contribution is -2.57. The predicted molar refractivity (Wildman–Crippen MR) is 116 cm³/mol. The first-order valence-electron chi connectivity index (χ1n) is 9.03. The number of terminal acetylenes is 1. The summed E-state index contributed by atoms with van der Waals surface area (Å²) in [6.45, 7) is 0. The maximum Gasteiger partial charge on any atom is 0.338 e. The molecular weight excluding hydrogens is 400 g/mol. The van der Waals surface area contributed by atoms with Crippen molar-refractivity contribution in [3.63, 3.8) is 0 Å². The van der Waals surface area contributed by atoms with Crippen LogP contribution in [-0.4, -0.2) is 24.1 Å². The molecule has 0 saturated carbocycles. The van der Waals surface area contributed by atoms with Gasteiger partial charge in [0, 0.05) is 4.88 Å². The van der Waals surface area contributed by atoms with E-state index in [0.717, 1.165) is 4.88 Å². The summed E-state index contributed by atoms with van der Waals surface area (Å²) in [5, 5.41) is 18.1. The fourth-order valence-electron chi connectivity index (χ4n) is 3.27. The minimum Gasteiger partial charge on any atom is -0.506 e. The molecule has 0 saturated heterocycles. The lowest BCUT2D eigenvalue weighted by molar-refractivity contribution is -0.152. The number of esters is 1. The molecule has 0 bridgehead atoms. The van der Waals surface area contributed by atoms with Gasteiger partial charge in [-0.05, 0) is 35.1 Å². The van der Waals surface area contributed by atoms with Crippen LogP contribution in [0.25, 0.3) is 0 Å². The maximum absolute atomic E-state index is 13.3. The Kier molecular flexibility index (Phi) is 6.40. The Hall–Kier alpha value is -3.76. The van der Waals surface area contributed by atoms with Gasteiger partial charge in [-0.15, -0.1) is 17.8 Å². The number of amides is 1. The van der Waals surface area contributed by atoms with Crippen LogP contribution in [0, 0.1) is 12.3 Å². The number of carbonyl (C=O) groups excluding carboxylic acids is 2. The molecule has 0 aliphatic carbocycles. The molecule has 0 radical (unpaired) electrons. The summed E-state index contributed by atoms with van der Waals surface area (Å²) in [6, 6.07) is 18.2. The summed E-state index contributed by atoms with van der Waals surface area (Å²) in [7, 11) is 1.24. The Balaban J connectivity index is 2.28. The van der Waals surface area contributed by atoms with Gasteiger partial charge in [0.2, 0.25) is 0 Å². The SMILES string of the molecule is C#CC(=O)N[C@@](C(=O)OC)(c1ccccc1)[C@@H](Nc1ccccc1O)c1cccs1. The number of phenolic OH excluding ortho intramolecular Hbond substituents is 1. The third kappa shape index (κ3) is 4.00. The number of phenols is 1. The van der Waals surface area contributed by atoms with Crippen LogP contribution in [0.15, 0.2) is 72.1 Å². The number of ether oxygens (including phenoxy) is 1. The number of aromatic hydroxyl groups is 1. The van der Waals surface area contributed by atoms with Crippen molar-refractivity contribution in [1.82, 2.24) is 5.32 Å². The van der Waals surface area contributed by atoms with Gasteiger partial charge in [0.1, 0.15) is 5.75 Å². The number of hydrogen-bond acceptors (Lipinski definition) is 6. The summed E-state index contributed by atoms with van der Waals surface area (Å²) in [5.74, 6) is 0.525. The number of rotatable bonds is 7. The molecule has 2 atom stereocenters. The highest BCUT2D eigenvalue weighted by Gasteiger charge is 2.51. The van der Waals surface area contributed by atoms with E-state index in [4.69, 9.17) is 11.2 Å². The Morgan fingerprint density at radius 2 is 1.80 bits per heavy atom. The van der Waals surface area contributed by atoms with Crippen molar-refractivity contribution in [1.29, 1.82) is 0 Å². The highest BCUT2D eigenvalue weighted by Crippen LogP contribution is 2.42. The van der Waals surface area contributed by atoms with E-state index in [-0.39, 0.29) is 5.75 Å². The van der Waals surface area contributed by atoms with Gasteiger partial charge in [-0.2, -0.15) is 0 Å². The second-order valence-electron chi connectivity index (χ2n) is 6.37. The van der Waals surface area contributed by atoms with E-state index in [1.54, 1.807) is 48.5 Å². The molecule has 3 N–H and O–H groups in total. The van der Waals surface area contributed by atoms with Crippen LogP contribution >= 0.6 is 11.3 Å². The number of para-hydroxylation sites is 2. The summed E-state index contributed by atoms with van der Waals surface area (Å²) in [4.78, 5) is 26.4. The van der Waals surface area contributed by atoms with E-state index in [1.807, 2.05) is 23.4 Å². The standard InChI is InChI=1S/C23H20N2O4S/c1-3-20(27)25-23(22(28)29-2,16-10-5-4-6-11-16)21(19-14-9-15-30-19)24-17-12-7-8-13-18(17)26/h1,4-15,21,24,26H,2H3,(H,25,27)/t21-,23-/m0/s1. The third-order valence-corrected chi connectivity index (χ3v) is 5.58. The van der Waals surface area contributed by atoms with Gasteiger partial charge in [-0.1, -0.05) is 48.5 Å². The first-order valence-corrected chi connectivity index (χ1v) is 9.91. The summed E-state index contributed by atoms with van der Waals surface area (Å²) in [6.07, 6.45) is 5.32. The Morgan fingerprint density at radius 3 is 2.40 bits per heavy atom. The number of benzene rings is 2. The fourth-order valence-corrected chi connectivity index (χ4v) is 4.12. The number of carbonyl (C=O) groups is 2. The Bertz CT molecular complexity index is 1060. The van der Waals surface area contributed by atoms with Crippen molar-refractivity contribution >= 4 is 28.9 Å². The third-order valence-electron chi connectivity index (χ3n) is 4.64. The van der Waals surface area contributed by atoms with Crippen LogP contribution in [0.3, 0.4) is 0 Å². The first kappa shape index (κ1) is 21.0. The van der Waals surface area contributed by atoms with Crippen LogP contribution < -0.4 is 10.6 Å². The minimum absolute atomic E-state index is 0.00541. The molecule has 0 unspecified atom stereocenters. The van der Waals surface area contributed by atoms with Gasteiger partial charge in [0.15, 0.2) is 5.54 Å². The number of anilines is 1. The Labute approximate surface area is 178 Å². The zero-order valence-electron chi connectivity index (χ0n) is 16.2. The Morgan fingerprint density at radius 1 is 1.10 bits per heavy atom. The topological polar surface area (TPSA) is 87.7 Å². The lowest BCUT2D eigenvalue weighted by Gasteiger charge is -2.39. The van der Waals surface area contributed by atoms with Gasteiger partial charge in [0.25, 0.3) is 5.91 Å². The van der Waals surface area contributed by atoms with Crippen LogP contribution in [0.4, 0.5) is 5.69 Å². The van der Waals surface area contributed by atoms with Crippen molar-refractivity contribution in [2.75, 3.05) is 12.4 Å². The van der Waals surface area contributed by atoms with Crippen LogP contribution in [0.2, 0.25) is 0 Å². The second kappa shape index (κ2) is 9.16. The molecule has 30 heavy (non-hydrogen) atoms. The molecule has 0 aliphatic rings. The van der Waals surface area contributed by atoms with Gasteiger partial charge in [-0.3, -0.25) is 4.79 Å². The van der Waals surface area contributed by atoms with Crippen LogP contribution in [-0.2, 0) is 19.9 Å². The van der Waals surface area contributed by atoms with Crippen molar-refractivity contribution in [3.05, 3.63) is 82.6 Å². The first-order chi connectivity index (χ1) is 14.5. The number of thiophene rings is 1. The van der Waals surface area contributed by atoms with E-state index in [2.05, 4.69) is 10.6 Å². The van der Waals surface area contributed by atoms with E-state index in [0.29, 0.717) is 11.3 Å². The van der Waals surface area contributed by atoms with Gasteiger partial charge in [0.05, 0.1) is 18.8 Å². The van der Waals surface area contributed by atoms with E-state index < -0.39 is 23.5 Å². The second-order valence-corrected chi connectivity index (χ2v) is 7.35. The molecule has 0 aliphatic heterocycles. The summed E-state index contributed by atoms with van der Waals surface area (Å²) in [5.41, 5.74) is -0.844.